The number of nitrogens with two attached hydrogens (primary N) is 1. The third kappa shape index (κ3) is 2.23. The fourth-order valence-electron chi connectivity index (χ4n) is 2.93. The summed E-state index contributed by atoms with van der Waals surface area (Å²) in [7, 11) is 1.97. The van der Waals surface area contributed by atoms with Gasteiger partial charge in [-0.05, 0) is 43.5 Å². The number of nitrogens with zero attached hydrogens (tertiary/aromatic N) is 3. The SMILES string of the molecule is Cc1cc(N)ccc1-c1nc(C2CCCC2)nn1C. The Hall–Kier alpha value is -1.84. The highest BCUT2D eigenvalue weighted by atomic mass is 15.3. The molecule has 0 radical (unpaired) electrons. The van der Waals surface area contributed by atoms with Crippen LogP contribution in [0.3, 0.4) is 0 Å². The normalized spacial score (nSPS) is 16.1. The zero-order chi connectivity index (χ0) is 13.4. The molecule has 4 heteroatoms. The van der Waals surface area contributed by atoms with Crippen molar-refractivity contribution < 1.29 is 0 Å². The Labute approximate surface area is 113 Å². The molecule has 1 aliphatic carbocycles. The molecule has 1 heterocycles. The lowest BCUT2D eigenvalue weighted by atomic mass is 10.1. The van der Waals surface area contributed by atoms with Gasteiger partial charge in [-0.1, -0.05) is 12.8 Å². The summed E-state index contributed by atoms with van der Waals surface area (Å²) < 4.78 is 1.90. The van der Waals surface area contributed by atoms with Crippen LogP contribution in [0.25, 0.3) is 11.4 Å². The summed E-state index contributed by atoms with van der Waals surface area (Å²) in [6.45, 7) is 2.07. The molecule has 19 heavy (non-hydrogen) atoms. The van der Waals surface area contributed by atoms with Crippen LogP contribution in [0.15, 0.2) is 18.2 Å². The Morgan fingerprint density at radius 3 is 2.68 bits per heavy atom. The average Bonchev–Trinajstić information content (AvgIpc) is 2.98. The summed E-state index contributed by atoms with van der Waals surface area (Å²) in [6.07, 6.45) is 5.06. The van der Waals surface area contributed by atoms with Gasteiger partial charge in [-0.25, -0.2) is 9.67 Å². The van der Waals surface area contributed by atoms with Crippen molar-refractivity contribution in [2.45, 2.75) is 38.5 Å². The minimum absolute atomic E-state index is 0.550. The van der Waals surface area contributed by atoms with Crippen LogP contribution < -0.4 is 5.73 Å². The van der Waals surface area contributed by atoms with Gasteiger partial charge in [0.25, 0.3) is 0 Å². The second kappa shape index (κ2) is 4.68. The van der Waals surface area contributed by atoms with Crippen LogP contribution >= 0.6 is 0 Å². The number of anilines is 1. The van der Waals surface area contributed by atoms with Crippen LogP contribution in [0, 0.1) is 6.92 Å². The fraction of sp³-hybridized carbons (Fsp3) is 0.467. The quantitative estimate of drug-likeness (QED) is 0.840. The average molecular weight is 256 g/mol. The van der Waals surface area contributed by atoms with Crippen molar-refractivity contribution in [3.8, 4) is 11.4 Å². The van der Waals surface area contributed by atoms with E-state index in [2.05, 4.69) is 12.0 Å². The molecule has 1 fully saturated rings. The van der Waals surface area contributed by atoms with Crippen molar-refractivity contribution in [1.82, 2.24) is 14.8 Å². The van der Waals surface area contributed by atoms with E-state index in [0.29, 0.717) is 5.92 Å². The van der Waals surface area contributed by atoms with E-state index in [-0.39, 0.29) is 0 Å². The second-order valence-corrected chi connectivity index (χ2v) is 5.47. The lowest BCUT2D eigenvalue weighted by Crippen LogP contribution is -1.98. The summed E-state index contributed by atoms with van der Waals surface area (Å²) in [4.78, 5) is 4.76. The zero-order valence-electron chi connectivity index (χ0n) is 11.6. The first kappa shape index (κ1) is 12.2. The fourth-order valence-corrected chi connectivity index (χ4v) is 2.93. The topological polar surface area (TPSA) is 56.7 Å². The Morgan fingerprint density at radius 2 is 2.00 bits per heavy atom. The van der Waals surface area contributed by atoms with E-state index in [1.807, 2.05) is 29.9 Å². The predicted molar refractivity (Wildman–Crippen MR) is 76.8 cm³/mol. The minimum Gasteiger partial charge on any atom is -0.399 e. The number of hydrogen-bond acceptors (Lipinski definition) is 3. The molecule has 0 saturated heterocycles. The first-order valence-corrected chi connectivity index (χ1v) is 6.92. The van der Waals surface area contributed by atoms with Gasteiger partial charge in [-0.3, -0.25) is 0 Å². The van der Waals surface area contributed by atoms with Crippen LogP contribution in [0.2, 0.25) is 0 Å². The van der Waals surface area contributed by atoms with Crippen molar-refractivity contribution in [3.63, 3.8) is 0 Å². The zero-order valence-corrected chi connectivity index (χ0v) is 11.6. The molecule has 3 rings (SSSR count). The summed E-state index contributed by atoms with van der Waals surface area (Å²) in [5.74, 6) is 2.50. The Morgan fingerprint density at radius 1 is 1.26 bits per heavy atom. The van der Waals surface area contributed by atoms with Crippen molar-refractivity contribution in [2.24, 2.45) is 7.05 Å². The van der Waals surface area contributed by atoms with Gasteiger partial charge in [0, 0.05) is 24.2 Å². The van der Waals surface area contributed by atoms with E-state index in [4.69, 9.17) is 10.7 Å². The van der Waals surface area contributed by atoms with Crippen LogP contribution in [0.4, 0.5) is 5.69 Å². The maximum atomic E-state index is 5.81. The van der Waals surface area contributed by atoms with Crippen molar-refractivity contribution in [3.05, 3.63) is 29.6 Å². The van der Waals surface area contributed by atoms with Gasteiger partial charge in [-0.15, -0.1) is 0 Å². The molecule has 1 aromatic heterocycles. The third-order valence-electron chi connectivity index (χ3n) is 3.99. The standard InChI is InChI=1S/C15H20N4/c1-10-9-12(16)7-8-13(10)15-17-14(18-19(15)2)11-5-3-4-6-11/h7-9,11H,3-6,16H2,1-2H3. The predicted octanol–water partition coefficient (Wildman–Crippen LogP) is 3.03. The Bertz CT molecular complexity index is 594. The molecule has 0 spiro atoms. The highest BCUT2D eigenvalue weighted by Gasteiger charge is 2.22. The maximum Gasteiger partial charge on any atom is 0.158 e. The van der Waals surface area contributed by atoms with Gasteiger partial charge in [0.1, 0.15) is 0 Å². The largest absolute Gasteiger partial charge is 0.399 e. The lowest BCUT2D eigenvalue weighted by Gasteiger charge is -2.05. The lowest BCUT2D eigenvalue weighted by molar-refractivity contribution is 0.648. The number of rotatable bonds is 2. The minimum atomic E-state index is 0.550. The Balaban J connectivity index is 2.00. The van der Waals surface area contributed by atoms with E-state index in [9.17, 15) is 0 Å². The highest BCUT2D eigenvalue weighted by Crippen LogP contribution is 2.33. The van der Waals surface area contributed by atoms with Crippen molar-refractivity contribution in [2.75, 3.05) is 5.73 Å². The number of aromatic nitrogens is 3. The second-order valence-electron chi connectivity index (χ2n) is 5.47. The third-order valence-corrected chi connectivity index (χ3v) is 3.99. The first-order valence-electron chi connectivity index (χ1n) is 6.92. The molecule has 4 nitrogen and oxygen atoms in total. The summed E-state index contributed by atoms with van der Waals surface area (Å²) in [5.41, 5.74) is 8.86. The van der Waals surface area contributed by atoms with Crippen molar-refractivity contribution >= 4 is 5.69 Å². The molecular formula is C15H20N4. The molecular weight excluding hydrogens is 236 g/mol. The summed E-state index contributed by atoms with van der Waals surface area (Å²) in [5, 5.41) is 4.61. The molecule has 0 unspecified atom stereocenters. The summed E-state index contributed by atoms with van der Waals surface area (Å²) >= 11 is 0. The smallest absolute Gasteiger partial charge is 0.158 e. The molecule has 0 aliphatic heterocycles. The number of benzene rings is 1. The van der Waals surface area contributed by atoms with Crippen LogP contribution in [-0.4, -0.2) is 14.8 Å². The Kier molecular flexibility index (Phi) is 3.01. The molecule has 100 valence electrons. The first-order chi connectivity index (χ1) is 9.15. The van der Waals surface area contributed by atoms with E-state index in [0.717, 1.165) is 28.5 Å². The molecule has 1 aliphatic rings. The van der Waals surface area contributed by atoms with Crippen molar-refractivity contribution in [1.29, 1.82) is 0 Å². The van der Waals surface area contributed by atoms with E-state index < -0.39 is 0 Å². The molecule has 1 aromatic carbocycles. The van der Waals surface area contributed by atoms with Gasteiger partial charge < -0.3 is 5.73 Å². The summed E-state index contributed by atoms with van der Waals surface area (Å²) in [6, 6.07) is 5.94. The number of hydrogen-bond donors (Lipinski definition) is 1. The monoisotopic (exact) mass is 256 g/mol. The van der Waals surface area contributed by atoms with Gasteiger partial charge in [-0.2, -0.15) is 5.10 Å². The van der Waals surface area contributed by atoms with E-state index >= 15 is 0 Å². The highest BCUT2D eigenvalue weighted by molar-refractivity contribution is 5.64. The van der Waals surface area contributed by atoms with Crippen LogP contribution in [-0.2, 0) is 7.05 Å². The van der Waals surface area contributed by atoms with Gasteiger partial charge in [0.2, 0.25) is 0 Å². The number of aryl methyl sites for hydroxylation is 2. The van der Waals surface area contributed by atoms with E-state index in [1.54, 1.807) is 0 Å². The van der Waals surface area contributed by atoms with E-state index in [1.165, 1.54) is 25.7 Å². The van der Waals surface area contributed by atoms with Gasteiger partial charge in [0.15, 0.2) is 11.6 Å². The molecule has 1 saturated carbocycles. The molecule has 0 atom stereocenters. The maximum absolute atomic E-state index is 5.81. The molecule has 2 N–H and O–H groups in total. The molecule has 0 amide bonds. The molecule has 2 aromatic rings. The van der Waals surface area contributed by atoms with Crippen LogP contribution in [0.1, 0.15) is 43.0 Å². The van der Waals surface area contributed by atoms with Gasteiger partial charge >= 0.3 is 0 Å². The van der Waals surface area contributed by atoms with Crippen LogP contribution in [0.5, 0.6) is 0 Å². The number of nitrogen functional groups attached to an aromatic ring is 1. The van der Waals surface area contributed by atoms with Gasteiger partial charge in [0.05, 0.1) is 0 Å². The molecule has 0 bridgehead atoms.